The highest BCUT2D eigenvalue weighted by Crippen LogP contribution is 2.14. The molecular formula is C25H47NO5. The Morgan fingerprint density at radius 1 is 0.677 bits per heavy atom. The second-order valence-electron chi connectivity index (χ2n) is 8.74. The predicted octanol–water partition coefficient (Wildman–Crippen LogP) is 6.29. The average Bonchev–Trinajstić information content (AvgIpc) is 2.74. The number of aliphatic carboxylic acids is 1. The number of hydrogen-bond acceptors (Lipinski definition) is 5. The first kappa shape index (κ1) is 29.6. The number of hydrogen-bond donors (Lipinski definition) is 2. The number of carboxylic acids is 1. The van der Waals surface area contributed by atoms with Crippen LogP contribution in [0.1, 0.15) is 135 Å². The van der Waals surface area contributed by atoms with Crippen LogP contribution in [0.15, 0.2) is 0 Å². The summed E-state index contributed by atoms with van der Waals surface area (Å²) in [6, 6.07) is -1.06. The van der Waals surface area contributed by atoms with Crippen LogP contribution in [-0.2, 0) is 19.1 Å². The van der Waals surface area contributed by atoms with Crippen LogP contribution in [0.3, 0.4) is 0 Å². The first-order chi connectivity index (χ1) is 15.0. The minimum absolute atomic E-state index is 0.0272. The van der Waals surface area contributed by atoms with E-state index in [9.17, 15) is 14.4 Å². The lowest BCUT2D eigenvalue weighted by Gasteiger charge is -2.09. The second kappa shape index (κ2) is 21.8. The highest BCUT2D eigenvalue weighted by Gasteiger charge is 2.19. The van der Waals surface area contributed by atoms with Crippen LogP contribution >= 0.6 is 0 Å². The summed E-state index contributed by atoms with van der Waals surface area (Å²) < 4.78 is 4.68. The molecule has 0 saturated carbocycles. The quantitative estimate of drug-likeness (QED) is 0.116. The Kier molecular flexibility index (Phi) is 20.8. The lowest BCUT2D eigenvalue weighted by molar-refractivity contribution is -0.160. The van der Waals surface area contributed by atoms with Crippen LogP contribution in [0.2, 0.25) is 0 Å². The van der Waals surface area contributed by atoms with Gasteiger partial charge in [-0.25, -0.2) is 4.79 Å². The summed E-state index contributed by atoms with van der Waals surface area (Å²) in [7, 11) is 0. The Morgan fingerprint density at radius 2 is 1.06 bits per heavy atom. The van der Waals surface area contributed by atoms with Crippen LogP contribution < -0.4 is 5.73 Å². The predicted molar refractivity (Wildman–Crippen MR) is 125 cm³/mol. The minimum atomic E-state index is -1.06. The van der Waals surface area contributed by atoms with Crippen molar-refractivity contribution in [1.29, 1.82) is 0 Å². The first-order valence-corrected chi connectivity index (χ1v) is 12.7. The topological polar surface area (TPSA) is 107 Å². The van der Waals surface area contributed by atoms with Crippen molar-refractivity contribution in [1.82, 2.24) is 0 Å². The smallest absolute Gasteiger partial charge is 0.330 e. The van der Waals surface area contributed by atoms with Gasteiger partial charge in [-0.05, 0) is 12.8 Å². The molecule has 0 aliphatic carbocycles. The molecule has 1 atom stereocenters. The maximum atomic E-state index is 11.6. The van der Waals surface area contributed by atoms with Crippen molar-refractivity contribution in [2.24, 2.45) is 5.73 Å². The number of carboxylic acid groups (broad SMARTS) is 1. The molecule has 0 amide bonds. The second-order valence-corrected chi connectivity index (χ2v) is 8.74. The summed E-state index contributed by atoms with van der Waals surface area (Å²) >= 11 is 0. The zero-order valence-corrected chi connectivity index (χ0v) is 19.9. The van der Waals surface area contributed by atoms with Crippen molar-refractivity contribution >= 4 is 17.9 Å². The van der Waals surface area contributed by atoms with Crippen LogP contribution in [0, 0.1) is 0 Å². The molecule has 6 nitrogen and oxygen atoms in total. The number of ether oxygens (including phenoxy) is 1. The number of carbonyl (C=O) groups is 3. The largest absolute Gasteiger partial charge is 0.481 e. The summed E-state index contributed by atoms with van der Waals surface area (Å²) in [4.78, 5) is 33.7. The fourth-order valence-electron chi connectivity index (χ4n) is 3.63. The molecular weight excluding hydrogens is 394 g/mol. The standard InChI is InChI=1S/C25H47NO5/c1-2-3-4-5-6-7-8-9-10-11-12-13-14-15-16-17-18-19-24(29)31-25(30)22(26)20-21-23(27)28/h22H,2-21,26H2,1H3,(H,27,28). The minimum Gasteiger partial charge on any atom is -0.481 e. The van der Waals surface area contributed by atoms with Gasteiger partial charge in [0.1, 0.15) is 6.04 Å². The Labute approximate surface area is 189 Å². The third-order valence-corrected chi connectivity index (χ3v) is 5.67. The van der Waals surface area contributed by atoms with Crippen LogP contribution in [0.4, 0.5) is 0 Å². The molecule has 0 rings (SSSR count). The highest BCUT2D eigenvalue weighted by molar-refractivity contribution is 5.88. The van der Waals surface area contributed by atoms with E-state index in [0.29, 0.717) is 6.42 Å². The van der Waals surface area contributed by atoms with Gasteiger partial charge in [0.15, 0.2) is 0 Å². The van der Waals surface area contributed by atoms with Crippen molar-refractivity contribution in [3.63, 3.8) is 0 Å². The molecule has 0 aromatic rings. The lowest BCUT2D eigenvalue weighted by Crippen LogP contribution is -2.34. The molecule has 31 heavy (non-hydrogen) atoms. The maximum Gasteiger partial charge on any atom is 0.330 e. The van der Waals surface area contributed by atoms with Gasteiger partial charge in [-0.3, -0.25) is 9.59 Å². The fourth-order valence-corrected chi connectivity index (χ4v) is 3.63. The number of carbonyl (C=O) groups excluding carboxylic acids is 2. The van der Waals surface area contributed by atoms with E-state index in [-0.39, 0.29) is 19.3 Å². The molecule has 0 heterocycles. The molecule has 0 fully saturated rings. The van der Waals surface area contributed by atoms with Crippen molar-refractivity contribution in [2.75, 3.05) is 0 Å². The number of esters is 2. The zero-order chi connectivity index (χ0) is 23.2. The van der Waals surface area contributed by atoms with Crippen molar-refractivity contribution in [2.45, 2.75) is 141 Å². The van der Waals surface area contributed by atoms with E-state index in [1.165, 1.54) is 89.9 Å². The Bertz CT molecular complexity index is 467. The van der Waals surface area contributed by atoms with E-state index >= 15 is 0 Å². The van der Waals surface area contributed by atoms with Gasteiger partial charge in [-0.2, -0.15) is 0 Å². The summed E-state index contributed by atoms with van der Waals surface area (Å²) in [5, 5.41) is 8.57. The Morgan fingerprint density at radius 3 is 1.45 bits per heavy atom. The molecule has 0 aliphatic rings. The molecule has 3 N–H and O–H groups in total. The van der Waals surface area contributed by atoms with Crippen molar-refractivity contribution < 1.29 is 24.2 Å². The van der Waals surface area contributed by atoms with Crippen molar-refractivity contribution in [3.8, 4) is 0 Å². The van der Waals surface area contributed by atoms with Gasteiger partial charge in [-0.15, -0.1) is 0 Å². The normalized spacial score (nSPS) is 11.9. The van der Waals surface area contributed by atoms with Gasteiger partial charge in [0, 0.05) is 12.8 Å². The molecule has 1 unspecified atom stereocenters. The Balaban J connectivity index is 3.34. The average molecular weight is 442 g/mol. The summed E-state index contributed by atoms with van der Waals surface area (Å²) in [5.41, 5.74) is 5.52. The summed E-state index contributed by atoms with van der Waals surface area (Å²) in [5.74, 6) is -2.44. The number of nitrogens with two attached hydrogens (primary N) is 1. The first-order valence-electron chi connectivity index (χ1n) is 12.7. The molecule has 0 aliphatic heterocycles. The van der Waals surface area contributed by atoms with E-state index in [0.717, 1.165) is 12.8 Å². The molecule has 0 aromatic heterocycles. The van der Waals surface area contributed by atoms with E-state index in [1.54, 1.807) is 0 Å². The Hall–Kier alpha value is -1.43. The van der Waals surface area contributed by atoms with Gasteiger partial charge >= 0.3 is 17.9 Å². The van der Waals surface area contributed by atoms with Gasteiger partial charge in [0.2, 0.25) is 0 Å². The van der Waals surface area contributed by atoms with Crippen LogP contribution in [0.25, 0.3) is 0 Å². The lowest BCUT2D eigenvalue weighted by atomic mass is 10.0. The number of rotatable bonds is 22. The van der Waals surface area contributed by atoms with E-state index in [2.05, 4.69) is 11.7 Å². The van der Waals surface area contributed by atoms with Gasteiger partial charge in [-0.1, -0.05) is 110 Å². The molecule has 0 spiro atoms. The molecule has 0 radical (unpaired) electrons. The maximum absolute atomic E-state index is 11.6. The van der Waals surface area contributed by atoms with Crippen molar-refractivity contribution in [3.05, 3.63) is 0 Å². The molecule has 182 valence electrons. The highest BCUT2D eigenvalue weighted by atomic mass is 16.6. The summed E-state index contributed by atoms with van der Waals surface area (Å²) in [6.45, 7) is 2.26. The SMILES string of the molecule is CCCCCCCCCCCCCCCCCCCC(=O)OC(=O)C(N)CCC(=O)O. The summed E-state index contributed by atoms with van der Waals surface area (Å²) in [6.07, 6.45) is 21.6. The molecule has 0 aromatic carbocycles. The monoisotopic (exact) mass is 441 g/mol. The zero-order valence-electron chi connectivity index (χ0n) is 19.9. The van der Waals surface area contributed by atoms with E-state index in [1.807, 2.05) is 0 Å². The van der Waals surface area contributed by atoms with Crippen LogP contribution in [0.5, 0.6) is 0 Å². The molecule has 0 bridgehead atoms. The molecule has 0 saturated heterocycles. The van der Waals surface area contributed by atoms with E-state index in [4.69, 9.17) is 10.8 Å². The third-order valence-electron chi connectivity index (χ3n) is 5.67. The number of unbranched alkanes of at least 4 members (excludes halogenated alkanes) is 16. The van der Waals surface area contributed by atoms with Crippen LogP contribution in [-0.4, -0.2) is 29.1 Å². The molecule has 6 heteroatoms. The van der Waals surface area contributed by atoms with E-state index < -0.39 is 23.9 Å². The van der Waals surface area contributed by atoms with Gasteiger partial charge < -0.3 is 15.6 Å². The third kappa shape index (κ3) is 21.6. The van der Waals surface area contributed by atoms with Gasteiger partial charge in [0.05, 0.1) is 0 Å². The van der Waals surface area contributed by atoms with Gasteiger partial charge in [0.25, 0.3) is 0 Å². The fraction of sp³-hybridized carbons (Fsp3) is 0.880.